The normalized spacial score (nSPS) is 11.4. The Labute approximate surface area is 171 Å². The molecule has 0 spiro atoms. The van der Waals surface area contributed by atoms with E-state index in [4.69, 9.17) is 44.3 Å². The quantitative estimate of drug-likeness (QED) is 0.679. The van der Waals surface area contributed by atoms with Gasteiger partial charge in [0.15, 0.2) is 12.7 Å². The lowest BCUT2D eigenvalue weighted by atomic mass is 10.2. The summed E-state index contributed by atoms with van der Waals surface area (Å²) in [6, 6.07) is 9.67. The van der Waals surface area contributed by atoms with E-state index in [0.717, 1.165) is 5.56 Å². The molecular weight excluding hydrogens is 415 g/mol. The lowest BCUT2D eigenvalue weighted by Crippen LogP contribution is -2.48. The number of hydrogen-bond acceptors (Lipinski definition) is 4. The highest BCUT2D eigenvalue weighted by atomic mass is 35.5. The number of hydrazine groups is 1. The van der Waals surface area contributed by atoms with Gasteiger partial charge in [-0.3, -0.25) is 20.4 Å². The van der Waals surface area contributed by atoms with Crippen LogP contribution in [-0.4, -0.2) is 24.5 Å². The van der Waals surface area contributed by atoms with Gasteiger partial charge in [0.2, 0.25) is 0 Å². The fraction of sp³-hybridized carbons (Fsp3) is 0.222. The molecule has 0 aromatic heterocycles. The topological polar surface area (TPSA) is 76.7 Å². The van der Waals surface area contributed by atoms with Crippen LogP contribution in [0.1, 0.15) is 12.5 Å². The zero-order chi connectivity index (χ0) is 20.0. The van der Waals surface area contributed by atoms with E-state index in [9.17, 15) is 9.59 Å². The highest BCUT2D eigenvalue weighted by molar-refractivity contribution is 6.35. The number of halogens is 3. The van der Waals surface area contributed by atoms with Crippen LogP contribution in [0, 0.1) is 6.92 Å². The zero-order valence-corrected chi connectivity index (χ0v) is 16.8. The number of carbonyl (C=O) groups excluding carboxylic acids is 2. The minimum absolute atomic E-state index is 0.276. The monoisotopic (exact) mass is 430 g/mol. The molecular formula is C18H17Cl3N2O4. The van der Waals surface area contributed by atoms with Gasteiger partial charge in [-0.1, -0.05) is 34.8 Å². The third-order valence-electron chi connectivity index (χ3n) is 3.39. The molecule has 0 aliphatic carbocycles. The Morgan fingerprint density at radius 2 is 1.78 bits per heavy atom. The second-order valence-electron chi connectivity index (χ2n) is 5.57. The van der Waals surface area contributed by atoms with Gasteiger partial charge in [0.05, 0.1) is 5.02 Å². The van der Waals surface area contributed by atoms with Crippen molar-refractivity contribution in [1.29, 1.82) is 0 Å². The predicted molar refractivity (Wildman–Crippen MR) is 105 cm³/mol. The molecule has 0 radical (unpaired) electrons. The predicted octanol–water partition coefficient (Wildman–Crippen LogP) is 3.95. The summed E-state index contributed by atoms with van der Waals surface area (Å²) in [6.07, 6.45) is -0.899. The molecule has 1 unspecified atom stereocenters. The number of amides is 2. The molecule has 2 aromatic carbocycles. The molecule has 0 heterocycles. The minimum atomic E-state index is -0.899. The SMILES string of the molecule is Cc1cc(OCC(=O)NNC(=O)C(C)Oc2ccc(Cl)cc2Cl)ccc1Cl. The van der Waals surface area contributed by atoms with Gasteiger partial charge in [-0.25, -0.2) is 0 Å². The molecule has 1 atom stereocenters. The Kier molecular flexibility index (Phi) is 7.59. The van der Waals surface area contributed by atoms with E-state index in [1.54, 1.807) is 30.3 Å². The first-order chi connectivity index (χ1) is 12.8. The van der Waals surface area contributed by atoms with Crippen molar-refractivity contribution in [2.24, 2.45) is 0 Å². The molecule has 144 valence electrons. The van der Waals surface area contributed by atoms with Crippen LogP contribution in [0.5, 0.6) is 11.5 Å². The van der Waals surface area contributed by atoms with Crippen molar-refractivity contribution in [1.82, 2.24) is 10.9 Å². The first-order valence-corrected chi connectivity index (χ1v) is 8.99. The number of carbonyl (C=O) groups is 2. The van der Waals surface area contributed by atoms with Crippen molar-refractivity contribution in [3.8, 4) is 11.5 Å². The molecule has 0 aliphatic rings. The molecule has 0 saturated heterocycles. The molecule has 9 heteroatoms. The molecule has 0 bridgehead atoms. The van der Waals surface area contributed by atoms with E-state index in [2.05, 4.69) is 10.9 Å². The van der Waals surface area contributed by atoms with Crippen LogP contribution in [0.4, 0.5) is 0 Å². The van der Waals surface area contributed by atoms with E-state index in [-0.39, 0.29) is 11.6 Å². The molecule has 2 N–H and O–H groups in total. The van der Waals surface area contributed by atoms with Crippen molar-refractivity contribution in [3.05, 3.63) is 57.0 Å². The standard InChI is InChI=1S/C18H17Cl3N2O4/c1-10-7-13(4-5-14(10)20)26-9-17(24)22-23-18(25)11(2)27-16-6-3-12(19)8-15(16)21/h3-8,11H,9H2,1-2H3,(H,22,24)(H,23,25). The van der Waals surface area contributed by atoms with Gasteiger partial charge in [0, 0.05) is 10.0 Å². The lowest BCUT2D eigenvalue weighted by Gasteiger charge is -2.16. The van der Waals surface area contributed by atoms with Crippen molar-refractivity contribution in [3.63, 3.8) is 0 Å². The molecule has 2 rings (SSSR count). The van der Waals surface area contributed by atoms with E-state index in [1.807, 2.05) is 6.92 Å². The summed E-state index contributed by atoms with van der Waals surface area (Å²) in [4.78, 5) is 23.8. The Balaban J connectivity index is 1.78. The molecule has 0 aliphatic heterocycles. The second-order valence-corrected chi connectivity index (χ2v) is 6.82. The maximum Gasteiger partial charge on any atom is 0.279 e. The average Bonchev–Trinajstić information content (AvgIpc) is 2.62. The smallest absolute Gasteiger partial charge is 0.279 e. The highest BCUT2D eigenvalue weighted by Crippen LogP contribution is 2.28. The maximum atomic E-state index is 12.0. The summed E-state index contributed by atoms with van der Waals surface area (Å²) < 4.78 is 10.8. The van der Waals surface area contributed by atoms with Crippen LogP contribution < -0.4 is 20.3 Å². The number of benzene rings is 2. The number of nitrogens with one attached hydrogen (secondary N) is 2. The molecule has 6 nitrogen and oxygen atoms in total. The third kappa shape index (κ3) is 6.50. The molecule has 0 fully saturated rings. The Hall–Kier alpha value is -2.15. The van der Waals surface area contributed by atoms with Gasteiger partial charge < -0.3 is 9.47 Å². The molecule has 0 saturated carbocycles. The number of ether oxygens (including phenoxy) is 2. The molecule has 2 aromatic rings. The van der Waals surface area contributed by atoms with Crippen molar-refractivity contribution < 1.29 is 19.1 Å². The fourth-order valence-electron chi connectivity index (χ4n) is 1.94. The van der Waals surface area contributed by atoms with Crippen LogP contribution in [-0.2, 0) is 9.59 Å². The van der Waals surface area contributed by atoms with Gasteiger partial charge in [-0.2, -0.15) is 0 Å². The van der Waals surface area contributed by atoms with Crippen LogP contribution in [0.2, 0.25) is 15.1 Å². The van der Waals surface area contributed by atoms with Crippen LogP contribution >= 0.6 is 34.8 Å². The Bertz CT molecular complexity index is 845. The number of rotatable bonds is 6. The second kappa shape index (κ2) is 9.69. The summed E-state index contributed by atoms with van der Waals surface area (Å²) in [6.45, 7) is 3.06. The minimum Gasteiger partial charge on any atom is -0.484 e. The maximum absolute atomic E-state index is 12.0. The van der Waals surface area contributed by atoms with Crippen molar-refractivity contribution >= 4 is 46.6 Å². The van der Waals surface area contributed by atoms with E-state index in [1.165, 1.54) is 13.0 Å². The first kappa shape index (κ1) is 21.2. The highest BCUT2D eigenvalue weighted by Gasteiger charge is 2.17. The van der Waals surface area contributed by atoms with Gasteiger partial charge in [-0.05, 0) is 55.8 Å². The summed E-state index contributed by atoms with van der Waals surface area (Å²) in [5.74, 6) is -0.298. The summed E-state index contributed by atoms with van der Waals surface area (Å²) in [5.41, 5.74) is 5.33. The number of hydrogen-bond donors (Lipinski definition) is 2. The summed E-state index contributed by atoms with van der Waals surface area (Å²) in [7, 11) is 0. The fourth-order valence-corrected chi connectivity index (χ4v) is 2.51. The van der Waals surface area contributed by atoms with Crippen LogP contribution in [0.15, 0.2) is 36.4 Å². The Morgan fingerprint density at radius 1 is 1.04 bits per heavy atom. The van der Waals surface area contributed by atoms with E-state index >= 15 is 0 Å². The van der Waals surface area contributed by atoms with Gasteiger partial charge in [0.1, 0.15) is 11.5 Å². The van der Waals surface area contributed by atoms with Crippen molar-refractivity contribution in [2.75, 3.05) is 6.61 Å². The van der Waals surface area contributed by atoms with Gasteiger partial charge in [0.25, 0.3) is 11.8 Å². The zero-order valence-electron chi connectivity index (χ0n) is 14.5. The first-order valence-electron chi connectivity index (χ1n) is 7.85. The van der Waals surface area contributed by atoms with Gasteiger partial charge >= 0.3 is 0 Å². The van der Waals surface area contributed by atoms with E-state index in [0.29, 0.717) is 21.5 Å². The van der Waals surface area contributed by atoms with Crippen LogP contribution in [0.3, 0.4) is 0 Å². The van der Waals surface area contributed by atoms with E-state index < -0.39 is 17.9 Å². The molecule has 27 heavy (non-hydrogen) atoms. The third-order valence-corrected chi connectivity index (χ3v) is 4.35. The molecule has 2 amide bonds. The summed E-state index contributed by atoms with van der Waals surface area (Å²) >= 11 is 17.7. The lowest BCUT2D eigenvalue weighted by molar-refractivity contribution is -0.133. The van der Waals surface area contributed by atoms with Gasteiger partial charge in [-0.15, -0.1) is 0 Å². The Morgan fingerprint density at radius 3 is 2.44 bits per heavy atom. The number of aryl methyl sites for hydroxylation is 1. The summed E-state index contributed by atoms with van der Waals surface area (Å²) in [5, 5.41) is 1.33. The van der Waals surface area contributed by atoms with Crippen LogP contribution in [0.25, 0.3) is 0 Å². The average molecular weight is 432 g/mol. The largest absolute Gasteiger partial charge is 0.484 e. The van der Waals surface area contributed by atoms with Crippen molar-refractivity contribution in [2.45, 2.75) is 20.0 Å².